The second-order valence-corrected chi connectivity index (χ2v) is 6.74. The molecule has 0 aromatic heterocycles. The zero-order chi connectivity index (χ0) is 17.9. The van der Waals surface area contributed by atoms with Crippen LogP contribution in [0, 0.1) is 0 Å². The van der Waals surface area contributed by atoms with Crippen molar-refractivity contribution in [1.29, 1.82) is 0 Å². The van der Waals surface area contributed by atoms with Gasteiger partial charge in [-0.2, -0.15) is 13.2 Å². The second-order valence-electron chi connectivity index (χ2n) is 6.74. The highest BCUT2D eigenvalue weighted by atomic mass is 19.4. The van der Waals surface area contributed by atoms with Gasteiger partial charge in [0.1, 0.15) is 6.61 Å². The van der Waals surface area contributed by atoms with Crippen molar-refractivity contribution in [3.8, 4) is 0 Å². The van der Waals surface area contributed by atoms with Gasteiger partial charge >= 0.3 is 12.3 Å². The molecule has 2 atom stereocenters. The molecule has 0 aliphatic carbocycles. The number of fused-ring (bicyclic) bond motifs is 2. The van der Waals surface area contributed by atoms with E-state index in [0.29, 0.717) is 12.8 Å². The molecule has 1 aromatic rings. The van der Waals surface area contributed by atoms with Gasteiger partial charge in [-0.3, -0.25) is 4.90 Å². The number of hydrogen-bond acceptors (Lipinski definition) is 2. The molecule has 1 amide bonds. The third kappa shape index (κ3) is 4.77. The summed E-state index contributed by atoms with van der Waals surface area (Å²) in [6.45, 7) is 0.234. The molecule has 0 spiro atoms. The van der Waals surface area contributed by atoms with Crippen LogP contribution in [-0.2, 0) is 11.3 Å². The number of ether oxygens (including phenoxy) is 1. The van der Waals surface area contributed by atoms with E-state index in [9.17, 15) is 18.0 Å². The van der Waals surface area contributed by atoms with Crippen molar-refractivity contribution in [3.63, 3.8) is 0 Å². The maximum absolute atomic E-state index is 12.4. The Bertz CT molecular complexity index is 627. The Kier molecular flexibility index (Phi) is 5.35. The molecule has 2 aliphatic rings. The largest absolute Gasteiger partial charge is 0.445 e. The molecule has 0 N–H and O–H groups in total. The highest BCUT2D eigenvalue weighted by molar-refractivity contribution is 5.70. The van der Waals surface area contributed by atoms with Gasteiger partial charge in [0.05, 0.1) is 6.04 Å². The zero-order valence-electron chi connectivity index (χ0n) is 14.0. The minimum atomic E-state index is -4.10. The van der Waals surface area contributed by atoms with Crippen molar-refractivity contribution >= 4 is 6.09 Å². The Hall–Kier alpha value is -1.98. The number of halogens is 3. The molecule has 0 saturated carbocycles. The number of rotatable bonds is 5. The van der Waals surface area contributed by atoms with E-state index >= 15 is 0 Å². The summed E-state index contributed by atoms with van der Waals surface area (Å²) in [6.07, 6.45) is -0.227. The maximum atomic E-state index is 12.4. The second kappa shape index (κ2) is 7.50. The number of carbonyl (C=O) groups is 1. The molecule has 2 unspecified atom stereocenters. The SMILES string of the molecule is O=C(OCc1ccccc1)N1C2C=C(CCCC(F)(F)F)CC1CC2. The van der Waals surface area contributed by atoms with Crippen LogP contribution in [0.15, 0.2) is 42.0 Å². The van der Waals surface area contributed by atoms with Crippen molar-refractivity contribution < 1.29 is 22.7 Å². The highest BCUT2D eigenvalue weighted by Crippen LogP contribution is 2.37. The Morgan fingerprint density at radius 1 is 1.20 bits per heavy atom. The summed E-state index contributed by atoms with van der Waals surface area (Å²) in [5, 5.41) is 0. The lowest BCUT2D eigenvalue weighted by atomic mass is 9.97. The van der Waals surface area contributed by atoms with Crippen LogP contribution < -0.4 is 0 Å². The Morgan fingerprint density at radius 3 is 2.64 bits per heavy atom. The number of nitrogens with zero attached hydrogens (tertiary/aromatic N) is 1. The average Bonchev–Trinajstić information content (AvgIpc) is 2.83. The summed E-state index contributed by atoms with van der Waals surface area (Å²) in [5.41, 5.74) is 1.98. The van der Waals surface area contributed by atoms with Crippen LogP contribution in [0.25, 0.3) is 0 Å². The molecule has 1 saturated heterocycles. The van der Waals surface area contributed by atoms with Crippen molar-refractivity contribution in [1.82, 2.24) is 4.90 Å². The summed E-state index contributed by atoms with van der Waals surface area (Å²) < 4.78 is 42.3. The van der Waals surface area contributed by atoms with E-state index in [0.717, 1.165) is 24.0 Å². The quantitative estimate of drug-likeness (QED) is 0.679. The van der Waals surface area contributed by atoms with Crippen LogP contribution in [0.1, 0.15) is 44.1 Å². The van der Waals surface area contributed by atoms with Gasteiger partial charge in [0.15, 0.2) is 0 Å². The molecule has 2 aliphatic heterocycles. The van der Waals surface area contributed by atoms with Gasteiger partial charge in [0.25, 0.3) is 0 Å². The Labute approximate surface area is 145 Å². The van der Waals surface area contributed by atoms with E-state index in [4.69, 9.17) is 4.74 Å². The summed E-state index contributed by atoms with van der Waals surface area (Å²) in [4.78, 5) is 14.2. The van der Waals surface area contributed by atoms with Crippen molar-refractivity contribution in [2.24, 2.45) is 0 Å². The Morgan fingerprint density at radius 2 is 1.96 bits per heavy atom. The lowest BCUT2D eigenvalue weighted by Crippen LogP contribution is -2.43. The molecular weight excluding hydrogens is 331 g/mol. The zero-order valence-corrected chi connectivity index (χ0v) is 14.0. The van der Waals surface area contributed by atoms with Crippen LogP contribution in [0.4, 0.5) is 18.0 Å². The molecule has 2 heterocycles. The fourth-order valence-corrected chi connectivity index (χ4v) is 3.70. The predicted molar refractivity (Wildman–Crippen MR) is 87.9 cm³/mol. The fraction of sp³-hybridized carbons (Fsp3) is 0.526. The van der Waals surface area contributed by atoms with Gasteiger partial charge in [-0.15, -0.1) is 0 Å². The van der Waals surface area contributed by atoms with Crippen LogP contribution in [0.5, 0.6) is 0 Å². The van der Waals surface area contributed by atoms with Crippen LogP contribution >= 0.6 is 0 Å². The third-order valence-corrected chi connectivity index (χ3v) is 4.85. The molecule has 0 radical (unpaired) electrons. The first-order valence-electron chi connectivity index (χ1n) is 8.68. The average molecular weight is 353 g/mol. The van der Waals surface area contributed by atoms with E-state index in [1.165, 1.54) is 0 Å². The van der Waals surface area contributed by atoms with E-state index < -0.39 is 12.6 Å². The molecule has 25 heavy (non-hydrogen) atoms. The molecule has 3 nitrogen and oxygen atoms in total. The lowest BCUT2D eigenvalue weighted by Gasteiger charge is -2.33. The van der Waals surface area contributed by atoms with Crippen molar-refractivity contribution in [2.45, 2.75) is 63.4 Å². The third-order valence-electron chi connectivity index (χ3n) is 4.85. The molecule has 136 valence electrons. The van der Waals surface area contributed by atoms with Crippen LogP contribution in [-0.4, -0.2) is 29.3 Å². The summed E-state index contributed by atoms with van der Waals surface area (Å²) in [6, 6.07) is 9.50. The van der Waals surface area contributed by atoms with Crippen LogP contribution in [0.3, 0.4) is 0 Å². The van der Waals surface area contributed by atoms with Crippen molar-refractivity contribution in [3.05, 3.63) is 47.5 Å². The summed E-state index contributed by atoms with van der Waals surface area (Å²) in [7, 11) is 0. The normalized spacial score (nSPS) is 22.7. The first kappa shape index (κ1) is 17.8. The fourth-order valence-electron chi connectivity index (χ4n) is 3.70. The highest BCUT2D eigenvalue weighted by Gasteiger charge is 2.40. The topological polar surface area (TPSA) is 29.5 Å². The van der Waals surface area contributed by atoms with E-state index in [1.807, 2.05) is 36.4 Å². The monoisotopic (exact) mass is 353 g/mol. The van der Waals surface area contributed by atoms with Gasteiger partial charge < -0.3 is 4.74 Å². The minimum absolute atomic E-state index is 0.0390. The molecule has 1 aromatic carbocycles. The van der Waals surface area contributed by atoms with Crippen LogP contribution in [0.2, 0.25) is 0 Å². The van der Waals surface area contributed by atoms with Gasteiger partial charge in [-0.25, -0.2) is 4.79 Å². The first-order chi connectivity index (χ1) is 11.9. The Balaban J connectivity index is 1.53. The van der Waals surface area contributed by atoms with Gasteiger partial charge in [0, 0.05) is 12.5 Å². The maximum Gasteiger partial charge on any atom is 0.410 e. The molecule has 1 fully saturated rings. The minimum Gasteiger partial charge on any atom is -0.445 e. The summed E-state index contributed by atoms with van der Waals surface area (Å²) in [5.74, 6) is 0. The molecule has 2 bridgehead atoms. The summed E-state index contributed by atoms with van der Waals surface area (Å²) >= 11 is 0. The number of benzene rings is 1. The predicted octanol–water partition coefficient (Wildman–Crippen LogP) is 5.22. The van der Waals surface area contributed by atoms with E-state index in [-0.39, 0.29) is 31.2 Å². The smallest absolute Gasteiger partial charge is 0.410 e. The number of alkyl halides is 3. The van der Waals surface area contributed by atoms with Gasteiger partial charge in [0.2, 0.25) is 0 Å². The van der Waals surface area contributed by atoms with Gasteiger partial charge in [-0.05, 0) is 37.7 Å². The van der Waals surface area contributed by atoms with E-state index in [1.54, 1.807) is 4.90 Å². The number of amides is 1. The van der Waals surface area contributed by atoms with Crippen molar-refractivity contribution in [2.75, 3.05) is 0 Å². The number of hydrogen-bond donors (Lipinski definition) is 0. The first-order valence-corrected chi connectivity index (χ1v) is 8.68. The molecule has 6 heteroatoms. The molecular formula is C19H22F3NO2. The standard InChI is InChI=1S/C19H22F3NO2/c20-19(21,22)10-4-7-15-11-16-8-9-17(12-15)23(16)18(24)25-13-14-5-2-1-3-6-14/h1-3,5-6,11,16-17H,4,7-10,12-13H2. The van der Waals surface area contributed by atoms with Gasteiger partial charge in [-0.1, -0.05) is 42.0 Å². The molecule has 3 rings (SSSR count). The lowest BCUT2D eigenvalue weighted by molar-refractivity contribution is -0.135. The van der Waals surface area contributed by atoms with E-state index in [2.05, 4.69) is 0 Å². The number of carbonyl (C=O) groups excluding carboxylic acids is 1.